The zero-order valence-electron chi connectivity index (χ0n) is 19.2. The first kappa shape index (κ1) is 20.8. The normalized spacial score (nSPS) is 54.3. The van der Waals surface area contributed by atoms with Crippen molar-refractivity contribution >= 4 is 0 Å². The Hall–Kier alpha value is -0.120. The molecule has 9 unspecified atom stereocenters. The van der Waals surface area contributed by atoms with Gasteiger partial charge in [-0.2, -0.15) is 0 Å². The second kappa shape index (κ2) is 7.20. The Balaban J connectivity index is 1.31. The maximum atomic E-state index is 10.6. The quantitative estimate of drug-likeness (QED) is 0.580. The van der Waals surface area contributed by atoms with Crippen molar-refractivity contribution in [2.75, 3.05) is 0 Å². The zero-order valence-corrected chi connectivity index (χ0v) is 19.2. The second-order valence-corrected chi connectivity index (χ2v) is 12.5. The van der Waals surface area contributed by atoms with Gasteiger partial charge in [0.25, 0.3) is 0 Å². The Labute approximate surface area is 178 Å². The van der Waals surface area contributed by atoms with E-state index in [2.05, 4.69) is 33.0 Å². The molecule has 5 aliphatic rings. The highest BCUT2D eigenvalue weighted by atomic mass is 16.3. The molecule has 0 amide bonds. The van der Waals surface area contributed by atoms with E-state index in [0.29, 0.717) is 11.3 Å². The fourth-order valence-electron chi connectivity index (χ4n) is 9.51. The lowest BCUT2D eigenvalue weighted by molar-refractivity contribution is -0.0862. The summed E-state index contributed by atoms with van der Waals surface area (Å²) in [5, 5.41) is 24.7. The van der Waals surface area contributed by atoms with Crippen molar-refractivity contribution in [3.05, 3.63) is 0 Å². The van der Waals surface area contributed by atoms with E-state index >= 15 is 0 Å². The molecule has 3 heteroatoms. The molecule has 5 rings (SSSR count). The van der Waals surface area contributed by atoms with Crippen molar-refractivity contribution in [2.24, 2.45) is 46.8 Å². The van der Waals surface area contributed by atoms with Crippen molar-refractivity contribution in [2.45, 2.75) is 116 Å². The van der Waals surface area contributed by atoms with Gasteiger partial charge >= 0.3 is 0 Å². The molecular weight excluding hydrogens is 358 g/mol. The highest BCUT2D eigenvalue weighted by Gasteiger charge is 2.73. The number of fused-ring (bicyclic) bond motifs is 3. The van der Waals surface area contributed by atoms with E-state index in [1.165, 1.54) is 57.8 Å². The number of hydrogen-bond acceptors (Lipinski definition) is 3. The van der Waals surface area contributed by atoms with Crippen LogP contribution in [0.4, 0.5) is 0 Å². The second-order valence-electron chi connectivity index (χ2n) is 12.5. The summed E-state index contributed by atoms with van der Waals surface area (Å²) in [6.07, 6.45) is 12.2. The van der Waals surface area contributed by atoms with Gasteiger partial charge in [0.15, 0.2) is 0 Å². The van der Waals surface area contributed by atoms with Crippen molar-refractivity contribution in [3.63, 3.8) is 0 Å². The number of rotatable bonds is 5. The largest absolute Gasteiger partial charge is 0.390 e. The Morgan fingerprint density at radius 1 is 0.966 bits per heavy atom. The zero-order chi connectivity index (χ0) is 20.6. The van der Waals surface area contributed by atoms with E-state index in [1.807, 2.05) is 0 Å². The molecule has 5 fully saturated rings. The summed E-state index contributed by atoms with van der Waals surface area (Å²) in [6, 6.07) is 0.167. The van der Waals surface area contributed by atoms with Crippen LogP contribution in [0.15, 0.2) is 0 Å². The molecule has 0 aromatic heterocycles. The van der Waals surface area contributed by atoms with Crippen molar-refractivity contribution in [3.8, 4) is 0 Å². The standard InChI is InChI=1S/C26H45NO2/c1-15(2)6-5-7-16(3)19-10-11-20-18-9-8-17-14-22(28)23(29)24-26(17,27-24)21(18)12-13-25(19,20)4/h15-24,27-29H,5-14H2,1-4H3/t16-,17?,18?,19?,20?,21?,22?,23?,24+,25?,26?/m1/s1. The molecule has 1 saturated heterocycles. The molecule has 4 saturated carbocycles. The molecule has 4 aliphatic carbocycles. The molecule has 0 aromatic carbocycles. The van der Waals surface area contributed by atoms with Crippen LogP contribution in [0.25, 0.3) is 0 Å². The van der Waals surface area contributed by atoms with Gasteiger partial charge in [0.2, 0.25) is 0 Å². The number of aliphatic hydroxyl groups is 2. The van der Waals surface area contributed by atoms with E-state index in [-0.39, 0.29) is 11.6 Å². The highest BCUT2D eigenvalue weighted by Crippen LogP contribution is 2.68. The first-order chi connectivity index (χ1) is 13.8. The third-order valence-electron chi connectivity index (χ3n) is 10.9. The minimum absolute atomic E-state index is 0.167. The maximum absolute atomic E-state index is 10.6. The van der Waals surface area contributed by atoms with E-state index in [0.717, 1.165) is 41.9 Å². The summed E-state index contributed by atoms with van der Waals surface area (Å²) < 4.78 is 0. The summed E-state index contributed by atoms with van der Waals surface area (Å²) >= 11 is 0. The predicted octanol–water partition coefficient (Wildman–Crippen LogP) is 4.75. The lowest BCUT2D eigenvalue weighted by atomic mass is 9.48. The Kier molecular flexibility index (Phi) is 5.16. The van der Waals surface area contributed by atoms with Crippen molar-refractivity contribution in [1.29, 1.82) is 0 Å². The third kappa shape index (κ3) is 3.00. The fourth-order valence-corrected chi connectivity index (χ4v) is 9.51. The van der Waals surface area contributed by atoms with Gasteiger partial charge in [-0.1, -0.05) is 47.0 Å². The van der Waals surface area contributed by atoms with Gasteiger partial charge in [0.05, 0.1) is 18.2 Å². The van der Waals surface area contributed by atoms with Crippen LogP contribution in [0, 0.1) is 46.8 Å². The molecule has 166 valence electrons. The minimum atomic E-state index is -0.546. The van der Waals surface area contributed by atoms with Gasteiger partial charge in [-0.3, -0.25) is 0 Å². The molecule has 3 nitrogen and oxygen atoms in total. The molecule has 1 heterocycles. The van der Waals surface area contributed by atoms with Gasteiger partial charge in [0, 0.05) is 5.54 Å². The fraction of sp³-hybridized carbons (Fsp3) is 1.00. The number of aliphatic hydroxyl groups excluding tert-OH is 2. The Morgan fingerprint density at radius 2 is 1.76 bits per heavy atom. The molecule has 0 radical (unpaired) electrons. The van der Waals surface area contributed by atoms with Crippen LogP contribution in [0.1, 0.15) is 91.9 Å². The molecule has 3 N–H and O–H groups in total. The Bertz CT molecular complexity index is 622. The molecular formula is C26H45NO2. The third-order valence-corrected chi connectivity index (χ3v) is 10.9. The van der Waals surface area contributed by atoms with Gasteiger partial charge in [0.1, 0.15) is 0 Å². The summed E-state index contributed by atoms with van der Waals surface area (Å²) in [5.74, 6) is 5.68. The van der Waals surface area contributed by atoms with Crippen LogP contribution in [-0.4, -0.2) is 34.0 Å². The predicted molar refractivity (Wildman–Crippen MR) is 117 cm³/mol. The smallest absolute Gasteiger partial charge is 0.0970 e. The van der Waals surface area contributed by atoms with E-state index in [9.17, 15) is 10.2 Å². The minimum Gasteiger partial charge on any atom is -0.390 e. The summed E-state index contributed by atoms with van der Waals surface area (Å²) in [5.41, 5.74) is 0.711. The van der Waals surface area contributed by atoms with Crippen LogP contribution < -0.4 is 5.32 Å². The summed E-state index contributed by atoms with van der Waals surface area (Å²) in [7, 11) is 0. The lowest BCUT2D eigenvalue weighted by Crippen LogP contribution is -2.57. The van der Waals surface area contributed by atoms with Crippen molar-refractivity contribution < 1.29 is 10.2 Å². The van der Waals surface area contributed by atoms with Crippen LogP contribution >= 0.6 is 0 Å². The summed E-state index contributed by atoms with van der Waals surface area (Å²) in [4.78, 5) is 0. The lowest BCUT2D eigenvalue weighted by Gasteiger charge is -2.56. The van der Waals surface area contributed by atoms with Crippen molar-refractivity contribution in [1.82, 2.24) is 5.32 Å². The molecule has 1 aliphatic heterocycles. The van der Waals surface area contributed by atoms with Crippen LogP contribution in [0.3, 0.4) is 0 Å². The van der Waals surface area contributed by atoms with Gasteiger partial charge in [-0.15, -0.1) is 0 Å². The summed E-state index contributed by atoms with van der Waals surface area (Å²) in [6.45, 7) is 9.92. The molecule has 11 atom stereocenters. The molecule has 0 bridgehead atoms. The van der Waals surface area contributed by atoms with E-state index in [4.69, 9.17) is 0 Å². The van der Waals surface area contributed by atoms with Crippen LogP contribution in [0.5, 0.6) is 0 Å². The SMILES string of the molecule is CC(C)CCC[C@@H](C)C1CCC2C3CCC4CC(O)C(O)[C@@H]5NC45C3CCC21C. The highest BCUT2D eigenvalue weighted by molar-refractivity contribution is 5.30. The molecule has 0 aromatic rings. The molecule has 1 spiro atoms. The van der Waals surface area contributed by atoms with Gasteiger partial charge < -0.3 is 15.5 Å². The van der Waals surface area contributed by atoms with Crippen LogP contribution in [0.2, 0.25) is 0 Å². The van der Waals surface area contributed by atoms with Crippen LogP contribution in [-0.2, 0) is 0 Å². The average Bonchev–Trinajstić information content (AvgIpc) is 3.31. The monoisotopic (exact) mass is 403 g/mol. The topological polar surface area (TPSA) is 62.4 Å². The Morgan fingerprint density at radius 3 is 2.52 bits per heavy atom. The van der Waals surface area contributed by atoms with Gasteiger partial charge in [-0.25, -0.2) is 0 Å². The first-order valence-corrected chi connectivity index (χ1v) is 12.9. The van der Waals surface area contributed by atoms with Gasteiger partial charge in [-0.05, 0) is 91.8 Å². The number of nitrogens with one attached hydrogen (secondary N) is 1. The number of hydrogen-bond donors (Lipinski definition) is 3. The maximum Gasteiger partial charge on any atom is 0.0970 e. The van der Waals surface area contributed by atoms with E-state index in [1.54, 1.807) is 0 Å². The van der Waals surface area contributed by atoms with E-state index < -0.39 is 12.2 Å². The first-order valence-electron chi connectivity index (χ1n) is 12.9. The molecule has 29 heavy (non-hydrogen) atoms. The average molecular weight is 404 g/mol.